The van der Waals surface area contributed by atoms with Crippen molar-refractivity contribution in [3.8, 4) is 51.7 Å². The molecule has 0 aliphatic carbocycles. The summed E-state index contributed by atoms with van der Waals surface area (Å²) in [7, 11) is 0. The zero-order valence-electron chi connectivity index (χ0n) is 50.7. The Morgan fingerprint density at radius 1 is 0.360 bits per heavy atom. The molecule has 4 N–H and O–H groups in total. The molecule has 8 aromatic rings. The predicted octanol–water partition coefficient (Wildman–Crippen LogP) is 17.3. The van der Waals surface area contributed by atoms with E-state index in [1.807, 2.05) is 62.4 Å². The minimum absolute atomic E-state index is 0.0444. The Hall–Kier alpha value is -9.40. The molecule has 0 aromatic heterocycles. The van der Waals surface area contributed by atoms with Crippen LogP contribution in [0, 0.1) is 0 Å². The quantitative estimate of drug-likeness (QED) is 0.0243. The molecule has 0 saturated heterocycles. The summed E-state index contributed by atoms with van der Waals surface area (Å²) in [5.74, 6) is 0.742. The number of phenolic OH excluding ortho intramolecular Hbond substituents is 4. The molecule has 452 valence electrons. The van der Waals surface area contributed by atoms with Gasteiger partial charge >= 0.3 is 23.9 Å². The minimum Gasteiger partial charge on any atom is -0.508 e. The molecule has 8 rings (SSSR count). The largest absolute Gasteiger partial charge is 0.508 e. The number of ether oxygens (including phenoxy) is 6. The van der Waals surface area contributed by atoms with E-state index in [-0.39, 0.29) is 41.0 Å². The van der Waals surface area contributed by atoms with Gasteiger partial charge in [-0.3, -0.25) is 0 Å². The van der Waals surface area contributed by atoms with Crippen molar-refractivity contribution in [1.29, 1.82) is 0 Å². The molecular formula is C72H80O14. The first kappa shape index (κ1) is 67.4. The van der Waals surface area contributed by atoms with Crippen molar-refractivity contribution in [3.05, 3.63) is 233 Å². The highest BCUT2D eigenvalue weighted by Gasteiger charge is 2.17. The van der Waals surface area contributed by atoms with Crippen LogP contribution in [0.25, 0.3) is 0 Å². The lowest BCUT2D eigenvalue weighted by Gasteiger charge is -2.15. The fraction of sp³-hybridized carbons (Fsp3) is 0.278. The van der Waals surface area contributed by atoms with Gasteiger partial charge in [-0.2, -0.15) is 0 Å². The molecule has 14 heteroatoms. The Bertz CT molecular complexity index is 3390. The van der Waals surface area contributed by atoms with Gasteiger partial charge in [-0.05, 0) is 183 Å². The van der Waals surface area contributed by atoms with Crippen molar-refractivity contribution in [2.75, 3.05) is 6.61 Å². The maximum Gasteiger partial charge on any atom is 0.343 e. The molecule has 0 heterocycles. The lowest BCUT2D eigenvalue weighted by Crippen LogP contribution is -2.16. The molecule has 0 radical (unpaired) electrons. The third kappa shape index (κ3) is 21.0. The standard InChI is InChI=1S/C21H26O4.C17H18O4.2C17H18O3/c1-5-15(3)17-10-12-18(13-11-17)21(22)25-20-9-7-8-19(14-20)24-16(4)23-6-2;1-3-11(2)12-7-9-13(10-8-12)17(20)21-15-6-4-5-14(18)16(15)19;1-3-12(2)13-7-9-14(10-8-13)17(19)20-16-6-4-5-15(18)11-16;1-3-12(2)13-8-10-14(11-9-13)17(19)20-16-7-5-4-6-15(16)18/h7-16H,5-6H2,1-4H3;4-11,18-19H,3H2,1-2H3;2*4-12,18H,3H2,1-2H3. The molecule has 0 bridgehead atoms. The van der Waals surface area contributed by atoms with Gasteiger partial charge in [0, 0.05) is 18.7 Å². The summed E-state index contributed by atoms with van der Waals surface area (Å²) >= 11 is 0. The highest BCUT2D eigenvalue weighted by Crippen LogP contribution is 2.35. The van der Waals surface area contributed by atoms with Gasteiger partial charge in [-0.25, -0.2) is 19.2 Å². The predicted molar refractivity (Wildman–Crippen MR) is 335 cm³/mol. The Labute approximate surface area is 505 Å². The Kier molecular flexibility index (Phi) is 27.0. The van der Waals surface area contributed by atoms with Crippen molar-refractivity contribution in [2.45, 2.75) is 125 Å². The van der Waals surface area contributed by atoms with Crippen molar-refractivity contribution in [3.63, 3.8) is 0 Å². The van der Waals surface area contributed by atoms with E-state index in [0.717, 1.165) is 31.2 Å². The van der Waals surface area contributed by atoms with E-state index < -0.39 is 23.7 Å². The summed E-state index contributed by atoms with van der Waals surface area (Å²) in [4.78, 5) is 48.3. The molecule has 0 saturated carbocycles. The van der Waals surface area contributed by atoms with Crippen LogP contribution in [0.5, 0.6) is 51.7 Å². The second-order valence-electron chi connectivity index (χ2n) is 20.5. The van der Waals surface area contributed by atoms with E-state index in [1.54, 1.807) is 103 Å². The molecule has 14 nitrogen and oxygen atoms in total. The number of aromatic hydroxyl groups is 4. The zero-order chi connectivity index (χ0) is 62.7. The Morgan fingerprint density at radius 2 is 0.698 bits per heavy atom. The summed E-state index contributed by atoms with van der Waals surface area (Å²) in [6.45, 7) is 21.4. The summed E-state index contributed by atoms with van der Waals surface area (Å²) in [5, 5.41) is 37.9. The number of carbonyl (C=O) groups excluding carboxylic acids is 4. The number of para-hydroxylation sites is 3. The van der Waals surface area contributed by atoms with Gasteiger partial charge in [0.25, 0.3) is 0 Å². The summed E-state index contributed by atoms with van der Waals surface area (Å²) in [6.07, 6.45) is 3.86. The van der Waals surface area contributed by atoms with Gasteiger partial charge in [0.2, 0.25) is 5.75 Å². The number of carbonyl (C=O) groups is 4. The van der Waals surface area contributed by atoms with Crippen LogP contribution in [0.4, 0.5) is 0 Å². The molecule has 0 fully saturated rings. The normalized spacial score (nSPS) is 12.3. The maximum absolute atomic E-state index is 12.3. The molecule has 0 aliphatic rings. The number of benzene rings is 8. The monoisotopic (exact) mass is 1170 g/mol. The number of hydrogen-bond acceptors (Lipinski definition) is 14. The molecule has 86 heavy (non-hydrogen) atoms. The third-order valence-corrected chi connectivity index (χ3v) is 14.3. The lowest BCUT2D eigenvalue weighted by molar-refractivity contribution is -0.0613. The van der Waals surface area contributed by atoms with Crippen LogP contribution in [0.1, 0.15) is 182 Å². The lowest BCUT2D eigenvalue weighted by atomic mass is 9.98. The van der Waals surface area contributed by atoms with E-state index in [0.29, 0.717) is 69.8 Å². The first-order valence-corrected chi connectivity index (χ1v) is 29.0. The average Bonchev–Trinajstić information content (AvgIpc) is 3.59. The molecule has 5 atom stereocenters. The van der Waals surface area contributed by atoms with Crippen molar-refractivity contribution in [2.24, 2.45) is 0 Å². The molecular weight excluding hydrogens is 1090 g/mol. The van der Waals surface area contributed by atoms with Crippen LogP contribution in [0.3, 0.4) is 0 Å². The summed E-state index contributed by atoms with van der Waals surface area (Å²) in [6, 6.07) is 53.4. The molecule has 0 amide bonds. The van der Waals surface area contributed by atoms with Gasteiger partial charge in [0.05, 0.1) is 22.3 Å². The highest BCUT2D eigenvalue weighted by molar-refractivity contribution is 5.93. The van der Waals surface area contributed by atoms with Crippen LogP contribution in [0.2, 0.25) is 0 Å². The van der Waals surface area contributed by atoms with E-state index in [9.17, 15) is 39.6 Å². The van der Waals surface area contributed by atoms with Gasteiger partial charge in [-0.15, -0.1) is 0 Å². The number of esters is 4. The topological polar surface area (TPSA) is 205 Å². The fourth-order valence-electron chi connectivity index (χ4n) is 8.14. The number of rotatable bonds is 20. The van der Waals surface area contributed by atoms with Gasteiger partial charge in [0.1, 0.15) is 23.0 Å². The number of phenols is 4. The van der Waals surface area contributed by atoms with E-state index in [4.69, 9.17) is 28.4 Å². The third-order valence-electron chi connectivity index (χ3n) is 14.3. The van der Waals surface area contributed by atoms with Crippen LogP contribution in [-0.4, -0.2) is 57.2 Å². The molecule has 0 spiro atoms. The second-order valence-corrected chi connectivity index (χ2v) is 20.5. The molecule has 0 aliphatic heterocycles. The van der Waals surface area contributed by atoms with Crippen LogP contribution in [-0.2, 0) is 4.74 Å². The smallest absolute Gasteiger partial charge is 0.343 e. The van der Waals surface area contributed by atoms with Gasteiger partial charge in [0.15, 0.2) is 29.3 Å². The maximum atomic E-state index is 12.3. The number of hydrogen-bond donors (Lipinski definition) is 4. The molecule has 8 aromatic carbocycles. The van der Waals surface area contributed by atoms with E-state index in [2.05, 4.69) is 55.4 Å². The highest BCUT2D eigenvalue weighted by atomic mass is 16.7. The fourth-order valence-corrected chi connectivity index (χ4v) is 8.14. The second kappa shape index (κ2) is 34.4. The first-order valence-electron chi connectivity index (χ1n) is 29.0. The van der Waals surface area contributed by atoms with E-state index in [1.165, 1.54) is 53.1 Å². The molecule has 5 unspecified atom stereocenters. The van der Waals surface area contributed by atoms with Gasteiger partial charge < -0.3 is 48.8 Å². The first-order chi connectivity index (χ1) is 41.3. The van der Waals surface area contributed by atoms with Crippen molar-refractivity contribution >= 4 is 23.9 Å². The zero-order valence-corrected chi connectivity index (χ0v) is 50.7. The summed E-state index contributed by atoms with van der Waals surface area (Å²) in [5.41, 5.74) is 6.69. The Balaban J connectivity index is 0.000000210. The van der Waals surface area contributed by atoms with Crippen LogP contribution < -0.4 is 23.7 Å². The van der Waals surface area contributed by atoms with Crippen LogP contribution in [0.15, 0.2) is 188 Å². The van der Waals surface area contributed by atoms with Crippen molar-refractivity contribution in [1.82, 2.24) is 0 Å². The van der Waals surface area contributed by atoms with Gasteiger partial charge in [-0.1, -0.05) is 134 Å². The van der Waals surface area contributed by atoms with Crippen molar-refractivity contribution < 1.29 is 68.0 Å². The Morgan fingerprint density at radius 3 is 1.09 bits per heavy atom. The summed E-state index contributed by atoms with van der Waals surface area (Å²) < 4.78 is 31.9. The van der Waals surface area contributed by atoms with Crippen LogP contribution >= 0.6 is 0 Å². The van der Waals surface area contributed by atoms with E-state index >= 15 is 0 Å². The average molecular weight is 1170 g/mol. The minimum atomic E-state index is -0.577. The SMILES string of the molecule is CCC(C)c1ccc(C(=O)Oc2cccc(O)c2)cc1.CCC(C)c1ccc(C(=O)Oc2cccc(O)c2O)cc1.CCC(C)c1ccc(C(=O)Oc2ccccc2O)cc1.CCOC(C)Oc1cccc(OC(=O)c2ccc(C(C)CC)cc2)c1.